The molecule has 0 radical (unpaired) electrons. The van der Waals surface area contributed by atoms with Crippen LogP contribution >= 0.6 is 0 Å². The normalized spacial score (nSPS) is 10.7. The number of carbonyl (C=O) groups excluding carboxylic acids is 1. The Morgan fingerprint density at radius 1 is 1.06 bits per heavy atom. The lowest BCUT2D eigenvalue weighted by Gasteiger charge is -2.14. The molecular formula is C23H21N5O3. The molecular weight excluding hydrogens is 394 g/mol. The highest BCUT2D eigenvalue weighted by Crippen LogP contribution is 2.31. The lowest BCUT2D eigenvalue weighted by Crippen LogP contribution is -2.13. The molecule has 0 bridgehead atoms. The summed E-state index contributed by atoms with van der Waals surface area (Å²) >= 11 is 0. The number of carbonyl (C=O) groups is 1. The van der Waals surface area contributed by atoms with Gasteiger partial charge >= 0.3 is 0 Å². The number of hydrogen-bond acceptors (Lipinski definition) is 7. The van der Waals surface area contributed by atoms with Crippen molar-refractivity contribution in [2.24, 2.45) is 5.73 Å². The van der Waals surface area contributed by atoms with E-state index < -0.39 is 5.91 Å². The summed E-state index contributed by atoms with van der Waals surface area (Å²) in [6.45, 7) is 0.898. The van der Waals surface area contributed by atoms with Crippen molar-refractivity contribution in [3.63, 3.8) is 0 Å². The summed E-state index contributed by atoms with van der Waals surface area (Å²) in [6.07, 6.45) is 3.39. The second kappa shape index (κ2) is 9.19. The standard InChI is InChI=1S/C23H21N5O3/c1-30-11-12-31-16-8-9-20-18(13-16)23(27-19-7-3-2-6-17(19)21(24)29)28-22(26-20)15-5-4-10-25-14-15/h2-10,13-14H,11-12H2,1H3,(H2,24,29)(H,26,27,28). The highest BCUT2D eigenvalue weighted by atomic mass is 16.5. The molecule has 4 aromatic rings. The maximum absolute atomic E-state index is 11.9. The van der Waals surface area contributed by atoms with Gasteiger partial charge in [-0.15, -0.1) is 0 Å². The average molecular weight is 415 g/mol. The lowest BCUT2D eigenvalue weighted by atomic mass is 10.1. The summed E-state index contributed by atoms with van der Waals surface area (Å²) in [5.41, 5.74) is 7.95. The van der Waals surface area contributed by atoms with Gasteiger partial charge in [0.25, 0.3) is 5.91 Å². The molecule has 2 heterocycles. The fourth-order valence-electron chi connectivity index (χ4n) is 3.09. The van der Waals surface area contributed by atoms with Crippen LogP contribution in [0.2, 0.25) is 0 Å². The Kier molecular flexibility index (Phi) is 6.00. The minimum absolute atomic E-state index is 0.365. The van der Waals surface area contributed by atoms with Crippen LogP contribution < -0.4 is 15.8 Å². The topological polar surface area (TPSA) is 112 Å². The second-order valence-corrected chi connectivity index (χ2v) is 6.69. The first-order chi connectivity index (χ1) is 15.2. The largest absolute Gasteiger partial charge is 0.491 e. The van der Waals surface area contributed by atoms with Crippen molar-refractivity contribution in [2.75, 3.05) is 25.6 Å². The Morgan fingerprint density at radius 3 is 2.71 bits per heavy atom. The molecule has 0 atom stereocenters. The van der Waals surface area contributed by atoms with Gasteiger partial charge in [-0.05, 0) is 42.5 Å². The van der Waals surface area contributed by atoms with Crippen molar-refractivity contribution in [2.45, 2.75) is 0 Å². The van der Waals surface area contributed by atoms with E-state index in [1.54, 1.807) is 37.7 Å². The first kappa shape index (κ1) is 20.2. The number of aromatic nitrogens is 3. The number of amides is 1. The van der Waals surface area contributed by atoms with Crippen molar-refractivity contribution >= 4 is 28.3 Å². The first-order valence-electron chi connectivity index (χ1n) is 9.65. The molecule has 2 aromatic heterocycles. The number of nitrogens with zero attached hydrogens (tertiary/aromatic N) is 3. The van der Waals surface area contributed by atoms with Crippen LogP contribution in [0.1, 0.15) is 10.4 Å². The third-order valence-corrected chi connectivity index (χ3v) is 4.59. The zero-order valence-corrected chi connectivity index (χ0v) is 16.9. The number of hydrogen-bond donors (Lipinski definition) is 2. The van der Waals surface area contributed by atoms with E-state index in [2.05, 4.69) is 15.3 Å². The van der Waals surface area contributed by atoms with Crippen LogP contribution in [0.3, 0.4) is 0 Å². The van der Waals surface area contributed by atoms with Gasteiger partial charge in [0.2, 0.25) is 0 Å². The van der Waals surface area contributed by atoms with Crippen LogP contribution in [0.15, 0.2) is 67.0 Å². The average Bonchev–Trinajstić information content (AvgIpc) is 2.80. The van der Waals surface area contributed by atoms with E-state index in [0.717, 1.165) is 10.9 Å². The van der Waals surface area contributed by atoms with Gasteiger partial charge in [-0.25, -0.2) is 9.97 Å². The van der Waals surface area contributed by atoms with E-state index in [0.29, 0.717) is 47.4 Å². The Bertz CT molecular complexity index is 1210. The summed E-state index contributed by atoms with van der Waals surface area (Å²) < 4.78 is 10.8. The van der Waals surface area contributed by atoms with Gasteiger partial charge in [0, 0.05) is 30.5 Å². The number of pyridine rings is 1. The van der Waals surface area contributed by atoms with Gasteiger partial charge in [0.15, 0.2) is 5.82 Å². The van der Waals surface area contributed by atoms with Crippen LogP contribution in [0, 0.1) is 0 Å². The van der Waals surface area contributed by atoms with Crippen LogP contribution in [0.25, 0.3) is 22.3 Å². The van der Waals surface area contributed by atoms with Crippen LogP contribution in [0.5, 0.6) is 5.75 Å². The molecule has 0 saturated carbocycles. The maximum atomic E-state index is 11.9. The van der Waals surface area contributed by atoms with Crippen LogP contribution in [0.4, 0.5) is 11.5 Å². The number of primary amides is 1. The molecule has 1 amide bonds. The fourth-order valence-corrected chi connectivity index (χ4v) is 3.09. The number of nitrogens with two attached hydrogens (primary N) is 1. The number of nitrogens with one attached hydrogen (secondary N) is 1. The van der Waals surface area contributed by atoms with Crippen LogP contribution in [-0.4, -0.2) is 41.2 Å². The molecule has 2 aromatic carbocycles. The van der Waals surface area contributed by atoms with E-state index in [4.69, 9.17) is 20.2 Å². The molecule has 0 aliphatic heterocycles. The van der Waals surface area contributed by atoms with Crippen molar-refractivity contribution < 1.29 is 14.3 Å². The predicted molar refractivity (Wildman–Crippen MR) is 118 cm³/mol. The third-order valence-electron chi connectivity index (χ3n) is 4.59. The lowest BCUT2D eigenvalue weighted by molar-refractivity contribution is 0.100. The van der Waals surface area contributed by atoms with Crippen molar-refractivity contribution in [3.05, 3.63) is 72.6 Å². The van der Waals surface area contributed by atoms with Crippen molar-refractivity contribution in [1.29, 1.82) is 0 Å². The van der Waals surface area contributed by atoms with Gasteiger partial charge in [-0.1, -0.05) is 12.1 Å². The number of methoxy groups -OCH3 is 1. The predicted octanol–water partition coefficient (Wildman–Crippen LogP) is 3.56. The molecule has 0 aliphatic carbocycles. The molecule has 3 N–H and O–H groups in total. The van der Waals surface area contributed by atoms with Crippen molar-refractivity contribution in [3.8, 4) is 17.1 Å². The number of anilines is 2. The first-order valence-corrected chi connectivity index (χ1v) is 9.65. The SMILES string of the molecule is COCCOc1ccc2nc(-c3cccnc3)nc(Nc3ccccc3C(N)=O)c2c1. The number of ether oxygens (including phenoxy) is 2. The summed E-state index contributed by atoms with van der Waals surface area (Å²) in [5, 5.41) is 3.99. The van der Waals surface area contributed by atoms with E-state index >= 15 is 0 Å². The minimum Gasteiger partial charge on any atom is -0.491 e. The Hall–Kier alpha value is -4.04. The molecule has 4 rings (SSSR count). The van der Waals surface area contributed by atoms with E-state index in [1.807, 2.05) is 36.4 Å². The van der Waals surface area contributed by atoms with Crippen molar-refractivity contribution in [1.82, 2.24) is 15.0 Å². The quantitative estimate of drug-likeness (QED) is 0.423. The summed E-state index contributed by atoms with van der Waals surface area (Å²) in [5.74, 6) is 1.16. The number of benzene rings is 2. The highest BCUT2D eigenvalue weighted by molar-refractivity contribution is 6.01. The fraction of sp³-hybridized carbons (Fsp3) is 0.130. The smallest absolute Gasteiger partial charge is 0.250 e. The van der Waals surface area contributed by atoms with Gasteiger partial charge in [-0.3, -0.25) is 9.78 Å². The van der Waals surface area contributed by atoms with Gasteiger partial charge in [0.05, 0.1) is 23.4 Å². The zero-order valence-electron chi connectivity index (χ0n) is 16.9. The minimum atomic E-state index is -0.530. The summed E-state index contributed by atoms with van der Waals surface area (Å²) in [4.78, 5) is 25.4. The number of para-hydroxylation sites is 1. The third kappa shape index (κ3) is 4.59. The molecule has 31 heavy (non-hydrogen) atoms. The van der Waals surface area contributed by atoms with Crippen LogP contribution in [-0.2, 0) is 4.74 Å². The van der Waals surface area contributed by atoms with Gasteiger partial charge < -0.3 is 20.5 Å². The molecule has 8 nitrogen and oxygen atoms in total. The second-order valence-electron chi connectivity index (χ2n) is 6.69. The molecule has 0 spiro atoms. The molecule has 8 heteroatoms. The molecule has 0 unspecified atom stereocenters. The van der Waals surface area contributed by atoms with E-state index in [9.17, 15) is 4.79 Å². The summed E-state index contributed by atoms with van der Waals surface area (Å²) in [6, 6.07) is 16.3. The monoisotopic (exact) mass is 415 g/mol. The zero-order chi connectivity index (χ0) is 21.6. The molecule has 0 saturated heterocycles. The maximum Gasteiger partial charge on any atom is 0.250 e. The number of fused-ring (bicyclic) bond motifs is 1. The van der Waals surface area contributed by atoms with Gasteiger partial charge in [-0.2, -0.15) is 0 Å². The summed E-state index contributed by atoms with van der Waals surface area (Å²) in [7, 11) is 1.62. The molecule has 0 fully saturated rings. The Morgan fingerprint density at radius 2 is 1.94 bits per heavy atom. The van der Waals surface area contributed by atoms with E-state index in [1.165, 1.54) is 0 Å². The molecule has 156 valence electrons. The van der Waals surface area contributed by atoms with E-state index in [-0.39, 0.29) is 0 Å². The highest BCUT2D eigenvalue weighted by Gasteiger charge is 2.14. The van der Waals surface area contributed by atoms with Gasteiger partial charge in [0.1, 0.15) is 18.2 Å². The molecule has 0 aliphatic rings. The Labute approximate surface area is 179 Å². The Balaban J connectivity index is 1.83. The number of rotatable bonds is 8.